The van der Waals surface area contributed by atoms with E-state index in [2.05, 4.69) is 268 Å². The highest BCUT2D eigenvalue weighted by Gasteiger charge is 2.53. The van der Waals surface area contributed by atoms with Gasteiger partial charge in [0.15, 0.2) is 0 Å². The first-order valence-corrected chi connectivity index (χ1v) is 24.4. The van der Waals surface area contributed by atoms with Crippen LogP contribution in [0.2, 0.25) is 0 Å². The first-order chi connectivity index (χ1) is 33.8. The highest BCUT2D eigenvalue weighted by molar-refractivity contribution is 6.06. The van der Waals surface area contributed by atoms with Crippen molar-refractivity contribution >= 4 is 34.1 Å². The number of hydrogen-bond donors (Lipinski definition) is 0. The molecule has 4 aliphatic rings. The molecule has 0 saturated heterocycles. The number of para-hydroxylation sites is 2. The second kappa shape index (κ2) is 14.4. The molecule has 0 N–H and O–H groups in total. The predicted molar refractivity (Wildman–Crippen MR) is 287 cm³/mol. The van der Waals surface area contributed by atoms with E-state index in [0.717, 1.165) is 34.1 Å². The zero-order chi connectivity index (χ0) is 46.2. The molecule has 1 spiro atoms. The zero-order valence-corrected chi connectivity index (χ0v) is 39.3. The molecule has 0 aliphatic heterocycles. The van der Waals surface area contributed by atoms with Crippen molar-refractivity contribution in [3.8, 4) is 44.5 Å². The number of benzene rings is 10. The molecule has 10 aromatic rings. The standard InChI is InChI=1S/C67H50N2/c1-65(2)53-29-15-11-25-47(53)51-39-37-45(41-59(51)65)68(43-21-7-5-8-22-43)61-35-19-33-57-63(61)64-58(67(57)55-31-17-13-27-49(55)50-28-14-18-32-56(50)67)34-20-36-62(64)69(44-23-9-6-10-24-44)46-38-40-52-48-26-12-16-30-54(48)66(3,4)60(52)42-46/h5-42H,1-4H3. The molecule has 0 atom stereocenters. The van der Waals surface area contributed by atoms with Gasteiger partial charge in [-0.3, -0.25) is 0 Å². The maximum absolute atomic E-state index is 2.53. The molecule has 0 amide bonds. The summed E-state index contributed by atoms with van der Waals surface area (Å²) in [5.41, 5.74) is 27.0. The van der Waals surface area contributed by atoms with E-state index in [1.807, 2.05) is 0 Å². The molecule has 0 fully saturated rings. The number of nitrogens with zero attached hydrogens (tertiary/aromatic N) is 2. The second-order valence-corrected chi connectivity index (χ2v) is 20.4. The summed E-state index contributed by atoms with van der Waals surface area (Å²) in [6, 6.07) is 86.8. The molecule has 0 heterocycles. The molecular formula is C67H50N2. The topological polar surface area (TPSA) is 6.48 Å². The molecule has 2 heteroatoms. The SMILES string of the molecule is CC1(C)c2ccccc2-c2ccc(N(c3ccccc3)c3cccc4c3-c3c(N(c5ccccc5)c5ccc6c(c5)C(C)(C)c5ccccc5-6)cccc3C43c4ccccc4-c4ccccc43)cc21. The Morgan fingerprint density at radius 3 is 0.971 bits per heavy atom. The van der Waals surface area contributed by atoms with Crippen LogP contribution in [0, 0.1) is 0 Å². The molecule has 328 valence electrons. The fraction of sp³-hybridized carbons (Fsp3) is 0.104. The van der Waals surface area contributed by atoms with Crippen molar-refractivity contribution in [2.45, 2.75) is 43.9 Å². The second-order valence-electron chi connectivity index (χ2n) is 20.4. The van der Waals surface area contributed by atoms with Gasteiger partial charge in [-0.25, -0.2) is 0 Å². The summed E-state index contributed by atoms with van der Waals surface area (Å²) >= 11 is 0. The van der Waals surface area contributed by atoms with Gasteiger partial charge in [0.25, 0.3) is 0 Å². The quantitative estimate of drug-likeness (QED) is 0.164. The molecule has 0 bridgehead atoms. The maximum atomic E-state index is 2.53. The van der Waals surface area contributed by atoms with E-state index >= 15 is 0 Å². The molecule has 10 aromatic carbocycles. The summed E-state index contributed by atoms with van der Waals surface area (Å²) in [5, 5.41) is 0. The molecule has 2 nitrogen and oxygen atoms in total. The summed E-state index contributed by atoms with van der Waals surface area (Å²) in [7, 11) is 0. The van der Waals surface area contributed by atoms with E-state index in [0.29, 0.717) is 0 Å². The van der Waals surface area contributed by atoms with Crippen LogP contribution in [0.4, 0.5) is 34.1 Å². The van der Waals surface area contributed by atoms with Crippen LogP contribution in [0.5, 0.6) is 0 Å². The molecule has 14 rings (SSSR count). The number of hydrogen-bond acceptors (Lipinski definition) is 2. The van der Waals surface area contributed by atoms with Crippen LogP contribution in [0.15, 0.2) is 231 Å². The largest absolute Gasteiger partial charge is 0.310 e. The molecule has 4 aliphatic carbocycles. The lowest BCUT2D eigenvalue weighted by Gasteiger charge is -2.32. The lowest BCUT2D eigenvalue weighted by Crippen LogP contribution is -2.26. The van der Waals surface area contributed by atoms with Gasteiger partial charge in [0.05, 0.1) is 16.8 Å². The first kappa shape index (κ1) is 39.9. The highest BCUT2D eigenvalue weighted by atomic mass is 15.2. The molecule has 69 heavy (non-hydrogen) atoms. The number of rotatable bonds is 6. The Morgan fingerprint density at radius 2 is 0.565 bits per heavy atom. The Bertz CT molecular complexity index is 3500. The van der Waals surface area contributed by atoms with Crippen molar-refractivity contribution in [3.63, 3.8) is 0 Å². The normalized spacial score (nSPS) is 15.0. The third kappa shape index (κ3) is 5.32. The average molecular weight is 883 g/mol. The number of fused-ring (bicyclic) bond motifs is 16. The van der Waals surface area contributed by atoms with Crippen molar-refractivity contribution in [3.05, 3.63) is 275 Å². The van der Waals surface area contributed by atoms with E-state index in [4.69, 9.17) is 0 Å². The molecule has 0 radical (unpaired) electrons. The van der Waals surface area contributed by atoms with Gasteiger partial charge >= 0.3 is 0 Å². The smallest absolute Gasteiger partial charge is 0.0727 e. The summed E-state index contributed by atoms with van der Waals surface area (Å²) in [6.45, 7) is 9.53. The Balaban J connectivity index is 1.08. The van der Waals surface area contributed by atoms with Gasteiger partial charge in [-0.1, -0.05) is 198 Å². The van der Waals surface area contributed by atoms with Crippen LogP contribution >= 0.6 is 0 Å². The Hall–Kier alpha value is -8.20. The summed E-state index contributed by atoms with van der Waals surface area (Å²) in [4.78, 5) is 5.07. The summed E-state index contributed by atoms with van der Waals surface area (Å²) in [6.07, 6.45) is 0. The Labute approximate surface area is 405 Å². The van der Waals surface area contributed by atoms with Crippen LogP contribution in [0.25, 0.3) is 44.5 Å². The van der Waals surface area contributed by atoms with E-state index in [-0.39, 0.29) is 10.8 Å². The Kier molecular flexibility index (Phi) is 8.33. The zero-order valence-electron chi connectivity index (χ0n) is 39.3. The van der Waals surface area contributed by atoms with Crippen molar-refractivity contribution in [1.29, 1.82) is 0 Å². The van der Waals surface area contributed by atoms with E-state index in [1.165, 1.54) is 89.0 Å². The van der Waals surface area contributed by atoms with Crippen molar-refractivity contribution in [2.75, 3.05) is 9.80 Å². The van der Waals surface area contributed by atoms with Gasteiger partial charge in [0.1, 0.15) is 0 Å². The van der Waals surface area contributed by atoms with Crippen LogP contribution in [-0.4, -0.2) is 0 Å². The van der Waals surface area contributed by atoms with Gasteiger partial charge in [0, 0.05) is 44.7 Å². The lowest BCUT2D eigenvalue weighted by atomic mass is 9.70. The summed E-state index contributed by atoms with van der Waals surface area (Å²) < 4.78 is 0. The average Bonchev–Trinajstić information content (AvgIpc) is 4.03. The van der Waals surface area contributed by atoms with Crippen molar-refractivity contribution < 1.29 is 0 Å². The van der Waals surface area contributed by atoms with E-state index in [1.54, 1.807) is 0 Å². The van der Waals surface area contributed by atoms with Crippen LogP contribution in [0.3, 0.4) is 0 Å². The minimum atomic E-state index is -0.572. The minimum absolute atomic E-state index is 0.161. The van der Waals surface area contributed by atoms with Gasteiger partial charge in [-0.15, -0.1) is 0 Å². The molecular weight excluding hydrogens is 833 g/mol. The third-order valence-electron chi connectivity index (χ3n) is 16.3. The molecule has 0 unspecified atom stereocenters. The fourth-order valence-corrected chi connectivity index (χ4v) is 13.2. The van der Waals surface area contributed by atoms with Crippen molar-refractivity contribution in [1.82, 2.24) is 0 Å². The Morgan fingerprint density at radius 1 is 0.246 bits per heavy atom. The first-order valence-electron chi connectivity index (χ1n) is 24.4. The van der Waals surface area contributed by atoms with Crippen LogP contribution < -0.4 is 9.80 Å². The van der Waals surface area contributed by atoms with E-state index in [9.17, 15) is 0 Å². The monoisotopic (exact) mass is 882 g/mol. The third-order valence-corrected chi connectivity index (χ3v) is 16.3. The van der Waals surface area contributed by atoms with Gasteiger partial charge in [-0.2, -0.15) is 0 Å². The lowest BCUT2D eigenvalue weighted by molar-refractivity contribution is 0.660. The van der Waals surface area contributed by atoms with Crippen molar-refractivity contribution in [2.24, 2.45) is 0 Å². The van der Waals surface area contributed by atoms with Gasteiger partial charge in [0.2, 0.25) is 0 Å². The highest BCUT2D eigenvalue weighted by Crippen LogP contribution is 2.67. The molecule has 0 saturated carbocycles. The minimum Gasteiger partial charge on any atom is -0.310 e. The van der Waals surface area contributed by atoms with E-state index < -0.39 is 5.41 Å². The van der Waals surface area contributed by atoms with Crippen LogP contribution in [-0.2, 0) is 16.2 Å². The molecule has 0 aromatic heterocycles. The fourth-order valence-electron chi connectivity index (χ4n) is 13.2. The van der Waals surface area contributed by atoms with Gasteiger partial charge < -0.3 is 9.80 Å². The van der Waals surface area contributed by atoms with Gasteiger partial charge in [-0.05, 0) is 139 Å². The van der Waals surface area contributed by atoms with Crippen LogP contribution in [0.1, 0.15) is 72.2 Å². The number of anilines is 6. The maximum Gasteiger partial charge on any atom is 0.0727 e. The summed E-state index contributed by atoms with van der Waals surface area (Å²) in [5.74, 6) is 0. The predicted octanol–water partition coefficient (Wildman–Crippen LogP) is 17.6.